The first kappa shape index (κ1) is 30.2. The molecule has 4 aromatic carbocycles. The smallest absolute Gasteiger partial charge is 0.407 e. The quantitative estimate of drug-likeness (QED) is 0.211. The van der Waals surface area contributed by atoms with Gasteiger partial charge in [-0.2, -0.15) is 4.31 Å². The van der Waals surface area contributed by atoms with E-state index in [1.54, 1.807) is 18.2 Å². The lowest BCUT2D eigenvalue weighted by Gasteiger charge is -2.30. The Balaban J connectivity index is 1.55. The van der Waals surface area contributed by atoms with E-state index in [1.807, 2.05) is 98.8 Å². The van der Waals surface area contributed by atoms with Crippen LogP contribution in [0.1, 0.15) is 31.4 Å². The number of rotatable bonds is 13. The second kappa shape index (κ2) is 14.3. The van der Waals surface area contributed by atoms with Gasteiger partial charge >= 0.3 is 6.09 Å². The molecule has 0 spiro atoms. The Labute approximate surface area is 242 Å². The van der Waals surface area contributed by atoms with E-state index in [0.717, 1.165) is 21.9 Å². The van der Waals surface area contributed by atoms with Gasteiger partial charge in [0.1, 0.15) is 6.61 Å². The van der Waals surface area contributed by atoms with Gasteiger partial charge in [-0.3, -0.25) is 0 Å². The van der Waals surface area contributed by atoms with Gasteiger partial charge in [0.15, 0.2) is 0 Å². The SMILES string of the molecule is CC(C)CCN(C[C@@H](O)[C@H](Cc1ccccc1)NC(=O)OCc1ccccc1)S(=O)(=O)c1ccc2ccccc2c1. The number of alkyl carbamates (subject to hydrolysis) is 1. The highest BCUT2D eigenvalue weighted by Crippen LogP contribution is 2.23. The molecule has 0 radical (unpaired) electrons. The molecule has 8 heteroatoms. The molecule has 0 fully saturated rings. The first-order chi connectivity index (χ1) is 19.7. The fourth-order valence-corrected chi connectivity index (χ4v) is 6.10. The van der Waals surface area contributed by atoms with E-state index in [4.69, 9.17) is 4.74 Å². The normalized spacial score (nSPS) is 13.3. The summed E-state index contributed by atoms with van der Waals surface area (Å²) < 4.78 is 34.5. The molecule has 0 bridgehead atoms. The number of aliphatic hydroxyl groups excluding tert-OH is 1. The molecular formula is C33H38N2O5S. The number of benzene rings is 4. The maximum atomic E-state index is 13.9. The van der Waals surface area contributed by atoms with Crippen molar-refractivity contribution in [2.45, 2.75) is 50.3 Å². The van der Waals surface area contributed by atoms with Crippen LogP contribution in [0, 0.1) is 5.92 Å². The molecule has 216 valence electrons. The second-order valence-corrected chi connectivity index (χ2v) is 12.6. The third kappa shape index (κ3) is 8.63. The lowest BCUT2D eigenvalue weighted by molar-refractivity contribution is 0.0883. The van der Waals surface area contributed by atoms with E-state index in [0.29, 0.717) is 12.8 Å². The van der Waals surface area contributed by atoms with Crippen molar-refractivity contribution in [3.05, 3.63) is 114 Å². The van der Waals surface area contributed by atoms with Crippen LogP contribution in [0.15, 0.2) is 108 Å². The predicted molar refractivity (Wildman–Crippen MR) is 162 cm³/mol. The zero-order valence-electron chi connectivity index (χ0n) is 23.5. The molecule has 2 N–H and O–H groups in total. The van der Waals surface area contributed by atoms with Crippen molar-refractivity contribution < 1.29 is 23.1 Å². The Morgan fingerprint density at radius 3 is 2.12 bits per heavy atom. The minimum atomic E-state index is -3.93. The van der Waals surface area contributed by atoms with Crippen molar-refractivity contribution in [1.82, 2.24) is 9.62 Å². The minimum absolute atomic E-state index is 0.0810. The van der Waals surface area contributed by atoms with E-state index in [-0.39, 0.29) is 30.5 Å². The standard InChI is InChI=1S/C33H38N2O5S/c1-25(2)19-20-35(41(38,39)30-18-17-28-15-9-10-16-29(28)22-30)23-32(36)31(21-26-11-5-3-6-12-26)34-33(37)40-24-27-13-7-4-8-14-27/h3-18,22,25,31-32,36H,19-21,23-24H2,1-2H3,(H,34,37)/t31-,32+/m0/s1. The third-order valence-electron chi connectivity index (χ3n) is 6.98. The molecule has 0 saturated carbocycles. The van der Waals surface area contributed by atoms with E-state index < -0.39 is 28.3 Å². The molecule has 0 heterocycles. The van der Waals surface area contributed by atoms with E-state index >= 15 is 0 Å². The average Bonchev–Trinajstić information content (AvgIpc) is 2.98. The first-order valence-corrected chi connectivity index (χ1v) is 15.3. The summed E-state index contributed by atoms with van der Waals surface area (Å²) in [4.78, 5) is 13.0. The highest BCUT2D eigenvalue weighted by Gasteiger charge is 2.31. The summed E-state index contributed by atoms with van der Waals surface area (Å²) in [5, 5.41) is 16.0. The lowest BCUT2D eigenvalue weighted by Crippen LogP contribution is -2.50. The van der Waals surface area contributed by atoms with Gasteiger partial charge in [-0.25, -0.2) is 13.2 Å². The zero-order chi connectivity index (χ0) is 29.2. The monoisotopic (exact) mass is 574 g/mol. The van der Waals surface area contributed by atoms with Gasteiger partial charge in [0.25, 0.3) is 0 Å². The molecular weight excluding hydrogens is 536 g/mol. The van der Waals surface area contributed by atoms with Crippen molar-refractivity contribution in [3.8, 4) is 0 Å². The molecule has 4 aromatic rings. The Hall–Kier alpha value is -3.72. The lowest BCUT2D eigenvalue weighted by atomic mass is 10.0. The maximum absolute atomic E-state index is 13.9. The molecule has 41 heavy (non-hydrogen) atoms. The Bertz CT molecular complexity index is 1510. The van der Waals surface area contributed by atoms with Gasteiger partial charge in [-0.15, -0.1) is 0 Å². The summed E-state index contributed by atoms with van der Waals surface area (Å²) in [7, 11) is -3.93. The van der Waals surface area contributed by atoms with Crippen LogP contribution in [-0.2, 0) is 27.8 Å². The maximum Gasteiger partial charge on any atom is 0.407 e. The Morgan fingerprint density at radius 2 is 1.46 bits per heavy atom. The summed E-state index contributed by atoms with van der Waals surface area (Å²) in [6.45, 7) is 4.19. The largest absolute Gasteiger partial charge is 0.445 e. The highest BCUT2D eigenvalue weighted by atomic mass is 32.2. The zero-order valence-corrected chi connectivity index (χ0v) is 24.3. The number of nitrogens with zero attached hydrogens (tertiary/aromatic N) is 1. The molecule has 4 rings (SSSR count). The Kier molecular flexibility index (Phi) is 10.5. The summed E-state index contributed by atoms with van der Waals surface area (Å²) >= 11 is 0. The van der Waals surface area contributed by atoms with Crippen LogP contribution in [0.5, 0.6) is 0 Å². The van der Waals surface area contributed by atoms with Gasteiger partial charge in [-0.05, 0) is 52.8 Å². The summed E-state index contributed by atoms with van der Waals surface area (Å²) in [6.07, 6.45) is -0.951. The number of nitrogens with one attached hydrogen (secondary N) is 1. The topological polar surface area (TPSA) is 95.9 Å². The van der Waals surface area contributed by atoms with Crippen molar-refractivity contribution in [2.75, 3.05) is 13.1 Å². The molecule has 0 aliphatic carbocycles. The number of carbonyl (C=O) groups excluding carboxylic acids is 1. The molecule has 0 unspecified atom stereocenters. The van der Waals surface area contributed by atoms with Crippen LogP contribution in [0.4, 0.5) is 4.79 Å². The molecule has 2 atom stereocenters. The molecule has 0 aliphatic rings. The molecule has 0 aliphatic heterocycles. The van der Waals surface area contributed by atoms with Crippen LogP contribution in [0.2, 0.25) is 0 Å². The van der Waals surface area contributed by atoms with Crippen LogP contribution >= 0.6 is 0 Å². The minimum Gasteiger partial charge on any atom is -0.445 e. The Morgan fingerprint density at radius 1 is 0.854 bits per heavy atom. The summed E-state index contributed by atoms with van der Waals surface area (Å²) in [5.41, 5.74) is 1.73. The van der Waals surface area contributed by atoms with Crippen molar-refractivity contribution in [2.24, 2.45) is 5.92 Å². The summed E-state index contributed by atoms with van der Waals surface area (Å²) in [5.74, 6) is 0.257. The number of aliphatic hydroxyl groups is 1. The van der Waals surface area contributed by atoms with E-state index in [2.05, 4.69) is 5.32 Å². The van der Waals surface area contributed by atoms with Crippen LogP contribution in [0.25, 0.3) is 10.8 Å². The first-order valence-electron chi connectivity index (χ1n) is 13.9. The van der Waals surface area contributed by atoms with E-state index in [1.165, 1.54) is 4.31 Å². The molecule has 7 nitrogen and oxygen atoms in total. The van der Waals surface area contributed by atoms with Gasteiger partial charge in [0.05, 0.1) is 17.0 Å². The number of fused-ring (bicyclic) bond motifs is 1. The van der Waals surface area contributed by atoms with E-state index in [9.17, 15) is 18.3 Å². The molecule has 1 amide bonds. The predicted octanol–water partition coefficient (Wildman–Crippen LogP) is 5.78. The molecule has 0 saturated heterocycles. The number of sulfonamides is 1. The van der Waals surface area contributed by atoms with Crippen molar-refractivity contribution in [1.29, 1.82) is 0 Å². The van der Waals surface area contributed by atoms with Gasteiger partial charge in [-0.1, -0.05) is 105 Å². The number of amides is 1. The molecule has 0 aromatic heterocycles. The third-order valence-corrected chi connectivity index (χ3v) is 8.85. The average molecular weight is 575 g/mol. The number of hydrogen-bond acceptors (Lipinski definition) is 5. The van der Waals surface area contributed by atoms with Crippen LogP contribution in [0.3, 0.4) is 0 Å². The van der Waals surface area contributed by atoms with Gasteiger partial charge < -0.3 is 15.2 Å². The van der Waals surface area contributed by atoms with Gasteiger partial charge in [0.2, 0.25) is 10.0 Å². The number of hydrogen-bond donors (Lipinski definition) is 2. The fourth-order valence-electron chi connectivity index (χ4n) is 4.59. The number of carbonyl (C=O) groups is 1. The fraction of sp³-hybridized carbons (Fsp3) is 0.303. The van der Waals surface area contributed by atoms with Crippen molar-refractivity contribution in [3.63, 3.8) is 0 Å². The second-order valence-electron chi connectivity index (χ2n) is 10.6. The van der Waals surface area contributed by atoms with Gasteiger partial charge in [0, 0.05) is 13.1 Å². The number of ether oxygens (including phenoxy) is 1. The highest BCUT2D eigenvalue weighted by molar-refractivity contribution is 7.89. The summed E-state index contributed by atoms with van der Waals surface area (Å²) in [6, 6.07) is 30.6. The van der Waals surface area contributed by atoms with Crippen LogP contribution < -0.4 is 5.32 Å². The van der Waals surface area contributed by atoms with Crippen LogP contribution in [-0.4, -0.2) is 49.2 Å². The van der Waals surface area contributed by atoms with Crippen molar-refractivity contribution >= 4 is 26.9 Å².